The van der Waals surface area contributed by atoms with Gasteiger partial charge in [-0.05, 0) is 18.1 Å². The molecule has 6 heteroatoms. The molecule has 2 aromatic rings. The number of rotatable bonds is 6. The zero-order valence-corrected chi connectivity index (χ0v) is 16.3. The molecule has 0 spiro atoms. The number of piperazine rings is 1. The van der Waals surface area contributed by atoms with Gasteiger partial charge in [-0.25, -0.2) is 0 Å². The summed E-state index contributed by atoms with van der Waals surface area (Å²) in [6, 6.07) is 19.5. The Balaban J connectivity index is 1.45. The number of hydrogen-bond donors (Lipinski definition) is 2. The second-order valence-corrected chi connectivity index (χ2v) is 7.39. The van der Waals surface area contributed by atoms with E-state index in [0.717, 1.165) is 25.2 Å². The van der Waals surface area contributed by atoms with Crippen molar-refractivity contribution in [2.24, 2.45) is 5.73 Å². The Bertz CT molecular complexity index is 785. The molecule has 2 aromatic carbocycles. The summed E-state index contributed by atoms with van der Waals surface area (Å²) in [7, 11) is 0. The van der Waals surface area contributed by atoms with Crippen molar-refractivity contribution in [3.05, 3.63) is 71.8 Å². The van der Waals surface area contributed by atoms with Gasteiger partial charge >= 0.3 is 0 Å². The van der Waals surface area contributed by atoms with E-state index in [4.69, 9.17) is 5.73 Å². The van der Waals surface area contributed by atoms with Crippen LogP contribution in [0.2, 0.25) is 0 Å². The standard InChI is InChI=1S/C22H28N4O2/c1-22(23,19-10-6-3-7-11-19)21(28)24-16-20(27)26-14-12-25(13-15-26)17-18-8-4-2-5-9-18/h2-11H,12-17,23H2,1H3,(H,24,28). The van der Waals surface area contributed by atoms with Gasteiger partial charge < -0.3 is 16.0 Å². The minimum atomic E-state index is -1.17. The predicted octanol–water partition coefficient (Wildman–Crippen LogP) is 1.32. The quantitative estimate of drug-likeness (QED) is 0.792. The number of amides is 2. The number of hydrogen-bond acceptors (Lipinski definition) is 4. The fourth-order valence-corrected chi connectivity index (χ4v) is 3.36. The van der Waals surface area contributed by atoms with Crippen LogP contribution < -0.4 is 11.1 Å². The summed E-state index contributed by atoms with van der Waals surface area (Å²) in [5, 5.41) is 2.70. The summed E-state index contributed by atoms with van der Waals surface area (Å²) in [5.74, 6) is -0.425. The zero-order valence-electron chi connectivity index (χ0n) is 16.3. The van der Waals surface area contributed by atoms with E-state index in [2.05, 4.69) is 22.3 Å². The molecule has 1 unspecified atom stereocenters. The van der Waals surface area contributed by atoms with Gasteiger partial charge in [-0.15, -0.1) is 0 Å². The summed E-state index contributed by atoms with van der Waals surface area (Å²) in [5.41, 5.74) is 7.02. The van der Waals surface area contributed by atoms with Crippen LogP contribution in [0.1, 0.15) is 18.1 Å². The molecule has 1 heterocycles. The van der Waals surface area contributed by atoms with Gasteiger partial charge in [0.1, 0.15) is 5.54 Å². The van der Waals surface area contributed by atoms with E-state index < -0.39 is 5.54 Å². The largest absolute Gasteiger partial charge is 0.345 e. The summed E-state index contributed by atoms with van der Waals surface area (Å²) in [6.45, 7) is 5.50. The summed E-state index contributed by atoms with van der Waals surface area (Å²) < 4.78 is 0. The number of carbonyl (C=O) groups excluding carboxylic acids is 2. The number of benzene rings is 2. The van der Waals surface area contributed by atoms with Crippen molar-refractivity contribution in [1.29, 1.82) is 0 Å². The van der Waals surface area contributed by atoms with Crippen molar-refractivity contribution < 1.29 is 9.59 Å². The van der Waals surface area contributed by atoms with Gasteiger partial charge in [-0.1, -0.05) is 60.7 Å². The van der Waals surface area contributed by atoms with Crippen LogP contribution in [0.4, 0.5) is 0 Å². The Hall–Kier alpha value is -2.70. The van der Waals surface area contributed by atoms with Gasteiger partial charge in [-0.2, -0.15) is 0 Å². The summed E-state index contributed by atoms with van der Waals surface area (Å²) in [4.78, 5) is 29.1. The fraction of sp³-hybridized carbons (Fsp3) is 0.364. The predicted molar refractivity (Wildman–Crippen MR) is 109 cm³/mol. The lowest BCUT2D eigenvalue weighted by atomic mass is 9.92. The molecule has 0 radical (unpaired) electrons. The van der Waals surface area contributed by atoms with E-state index in [0.29, 0.717) is 13.1 Å². The molecule has 1 aliphatic heterocycles. The minimum Gasteiger partial charge on any atom is -0.345 e. The first-order valence-electron chi connectivity index (χ1n) is 9.63. The zero-order chi connectivity index (χ0) is 20.0. The lowest BCUT2D eigenvalue weighted by Gasteiger charge is -2.35. The third kappa shape index (κ3) is 4.97. The third-order valence-corrected chi connectivity index (χ3v) is 5.22. The lowest BCUT2D eigenvalue weighted by Crippen LogP contribution is -2.54. The van der Waals surface area contributed by atoms with Gasteiger partial charge in [0.05, 0.1) is 6.54 Å². The van der Waals surface area contributed by atoms with Crippen LogP contribution in [0.5, 0.6) is 0 Å². The van der Waals surface area contributed by atoms with Crippen LogP contribution in [0, 0.1) is 0 Å². The SMILES string of the molecule is CC(N)(C(=O)NCC(=O)N1CCN(Cc2ccccc2)CC1)c1ccccc1. The van der Waals surface area contributed by atoms with Crippen molar-refractivity contribution in [2.75, 3.05) is 32.7 Å². The van der Waals surface area contributed by atoms with Crippen molar-refractivity contribution in [3.8, 4) is 0 Å². The Kier molecular flexibility index (Phi) is 6.44. The molecule has 0 bridgehead atoms. The van der Waals surface area contributed by atoms with Crippen LogP contribution in [-0.4, -0.2) is 54.3 Å². The van der Waals surface area contributed by atoms with E-state index in [9.17, 15) is 9.59 Å². The highest BCUT2D eigenvalue weighted by atomic mass is 16.2. The van der Waals surface area contributed by atoms with E-state index in [1.165, 1.54) is 5.56 Å². The average Bonchev–Trinajstić information content (AvgIpc) is 2.73. The van der Waals surface area contributed by atoms with Crippen LogP contribution in [0.15, 0.2) is 60.7 Å². The van der Waals surface area contributed by atoms with Crippen molar-refractivity contribution >= 4 is 11.8 Å². The molecule has 3 N–H and O–H groups in total. The van der Waals surface area contributed by atoms with Gasteiger partial charge in [0.15, 0.2) is 0 Å². The average molecular weight is 380 g/mol. The molecule has 0 saturated carbocycles. The molecule has 28 heavy (non-hydrogen) atoms. The number of nitrogens with two attached hydrogens (primary N) is 1. The minimum absolute atomic E-state index is 0.0306. The second kappa shape index (κ2) is 8.99. The first kappa shape index (κ1) is 20.0. The second-order valence-electron chi connectivity index (χ2n) is 7.39. The number of nitrogens with zero attached hydrogens (tertiary/aromatic N) is 2. The molecule has 0 aromatic heterocycles. The molecule has 1 aliphatic rings. The Morgan fingerprint density at radius 1 is 0.964 bits per heavy atom. The first-order valence-corrected chi connectivity index (χ1v) is 9.63. The number of nitrogens with one attached hydrogen (secondary N) is 1. The molecule has 1 fully saturated rings. The lowest BCUT2D eigenvalue weighted by molar-refractivity contribution is -0.135. The normalized spacial score (nSPS) is 17.0. The molecule has 1 saturated heterocycles. The summed E-state index contributed by atoms with van der Waals surface area (Å²) in [6.07, 6.45) is 0. The van der Waals surface area contributed by atoms with Gasteiger partial charge in [0.25, 0.3) is 0 Å². The Labute approximate surface area is 166 Å². The van der Waals surface area contributed by atoms with E-state index in [1.807, 2.05) is 48.5 Å². The van der Waals surface area contributed by atoms with Gasteiger partial charge in [-0.3, -0.25) is 14.5 Å². The molecule has 3 rings (SSSR count). The highest BCUT2D eigenvalue weighted by Gasteiger charge is 2.31. The number of carbonyl (C=O) groups is 2. The topological polar surface area (TPSA) is 78.7 Å². The van der Waals surface area contributed by atoms with Crippen LogP contribution in [0.25, 0.3) is 0 Å². The Morgan fingerprint density at radius 3 is 2.14 bits per heavy atom. The maximum Gasteiger partial charge on any atom is 0.244 e. The highest BCUT2D eigenvalue weighted by Crippen LogP contribution is 2.17. The molecule has 148 valence electrons. The smallest absolute Gasteiger partial charge is 0.244 e. The summed E-state index contributed by atoms with van der Waals surface area (Å²) >= 11 is 0. The van der Waals surface area contributed by atoms with Crippen molar-refractivity contribution in [1.82, 2.24) is 15.1 Å². The van der Waals surface area contributed by atoms with Gasteiger partial charge in [0.2, 0.25) is 11.8 Å². The van der Waals surface area contributed by atoms with Crippen LogP contribution >= 0.6 is 0 Å². The molecule has 6 nitrogen and oxygen atoms in total. The van der Waals surface area contributed by atoms with E-state index >= 15 is 0 Å². The highest BCUT2D eigenvalue weighted by molar-refractivity contribution is 5.90. The van der Waals surface area contributed by atoms with Gasteiger partial charge in [0, 0.05) is 32.7 Å². The molecular weight excluding hydrogens is 352 g/mol. The monoisotopic (exact) mass is 380 g/mol. The van der Waals surface area contributed by atoms with Crippen molar-refractivity contribution in [2.45, 2.75) is 19.0 Å². The maximum absolute atomic E-state index is 12.5. The van der Waals surface area contributed by atoms with E-state index in [1.54, 1.807) is 11.8 Å². The van der Waals surface area contributed by atoms with Crippen molar-refractivity contribution in [3.63, 3.8) is 0 Å². The maximum atomic E-state index is 12.5. The molecule has 1 atom stereocenters. The third-order valence-electron chi connectivity index (χ3n) is 5.22. The Morgan fingerprint density at radius 2 is 1.54 bits per heavy atom. The molecular formula is C22H28N4O2. The molecule has 0 aliphatic carbocycles. The first-order chi connectivity index (χ1) is 13.5. The fourth-order valence-electron chi connectivity index (χ4n) is 3.36. The molecule has 2 amide bonds. The van der Waals surface area contributed by atoms with Crippen LogP contribution in [0.3, 0.4) is 0 Å². The van der Waals surface area contributed by atoms with E-state index in [-0.39, 0.29) is 18.4 Å². The van der Waals surface area contributed by atoms with Crippen LogP contribution in [-0.2, 0) is 21.7 Å².